The molecule has 0 fully saturated rings. The van der Waals surface area contributed by atoms with Gasteiger partial charge in [-0.15, -0.1) is 0 Å². The molecule has 0 aromatic heterocycles. The van der Waals surface area contributed by atoms with Crippen molar-refractivity contribution < 1.29 is 19.4 Å². The lowest BCUT2D eigenvalue weighted by atomic mass is 10.1. The average Bonchev–Trinajstić information content (AvgIpc) is 2.26. The Morgan fingerprint density at radius 2 is 2.06 bits per heavy atom. The molecule has 0 saturated heterocycles. The van der Waals surface area contributed by atoms with Gasteiger partial charge in [0.15, 0.2) is 11.5 Å². The van der Waals surface area contributed by atoms with Gasteiger partial charge in [-0.2, -0.15) is 0 Å². The van der Waals surface area contributed by atoms with Crippen LogP contribution in [0.3, 0.4) is 0 Å². The third-order valence-corrected chi connectivity index (χ3v) is 2.19. The number of halogens is 1. The lowest BCUT2D eigenvalue weighted by Gasteiger charge is -2.08. The summed E-state index contributed by atoms with van der Waals surface area (Å²) in [5, 5.41) is 21.4. The molecule has 0 spiro atoms. The Bertz CT molecular complexity index is 393. The van der Waals surface area contributed by atoms with Crippen LogP contribution in [0.15, 0.2) is 12.1 Å². The molecule has 3 N–H and O–H groups in total. The Kier molecular flexibility index (Phi) is 4.10. The van der Waals surface area contributed by atoms with Gasteiger partial charge >= 0.3 is 0 Å². The van der Waals surface area contributed by atoms with Crippen LogP contribution >= 0.6 is 0 Å². The molecule has 0 heterocycles. The number of phenols is 2. The summed E-state index contributed by atoms with van der Waals surface area (Å²) >= 11 is 0. The van der Waals surface area contributed by atoms with Crippen molar-refractivity contribution in [1.29, 1.82) is 0 Å². The Labute approximate surface area is 92.7 Å². The number of hydrogen-bond donors (Lipinski definition) is 3. The summed E-state index contributed by atoms with van der Waals surface area (Å²) in [6, 6.07) is 2.94. The minimum Gasteiger partial charge on any atom is -0.504 e. The fourth-order valence-corrected chi connectivity index (χ4v) is 1.23. The summed E-state index contributed by atoms with van der Waals surface area (Å²) < 4.78 is 11.8. The second-order valence-electron chi connectivity index (χ2n) is 3.43. The average molecular weight is 227 g/mol. The van der Waals surface area contributed by atoms with E-state index in [2.05, 4.69) is 5.32 Å². The fourth-order valence-electron chi connectivity index (χ4n) is 1.23. The third-order valence-electron chi connectivity index (χ3n) is 2.19. The number of aromatic hydroxyl groups is 2. The van der Waals surface area contributed by atoms with Gasteiger partial charge in [0.1, 0.15) is 0 Å². The van der Waals surface area contributed by atoms with Crippen molar-refractivity contribution in [2.45, 2.75) is 13.3 Å². The van der Waals surface area contributed by atoms with Crippen molar-refractivity contribution in [3.8, 4) is 11.5 Å². The number of phenolic OH excluding ortho intramolecular Hbond substituents is 2. The summed E-state index contributed by atoms with van der Waals surface area (Å²) in [4.78, 5) is 11.5. The van der Waals surface area contributed by atoms with Crippen molar-refractivity contribution in [3.05, 3.63) is 23.3 Å². The van der Waals surface area contributed by atoms with E-state index < -0.39 is 18.3 Å². The number of carbonyl (C=O) groups excluding carboxylic acids is 1. The maximum Gasteiger partial charge on any atom is 0.255 e. The molecule has 1 amide bonds. The standard InChI is InChI=1S/C11H14FNO3/c1-7-3-4-8(10(15)9(7)14)11(16)13-6-2-5-12/h3-4,14-15H,2,5-6H2,1H3,(H,13,16). The summed E-state index contributed by atoms with van der Waals surface area (Å²) in [6.45, 7) is 1.30. The predicted octanol–water partition coefficient (Wildman–Crippen LogP) is 1.50. The zero-order valence-corrected chi connectivity index (χ0v) is 8.96. The number of rotatable bonds is 4. The topological polar surface area (TPSA) is 69.6 Å². The smallest absolute Gasteiger partial charge is 0.255 e. The Balaban J connectivity index is 2.80. The first-order valence-electron chi connectivity index (χ1n) is 4.93. The van der Waals surface area contributed by atoms with Gasteiger partial charge in [0, 0.05) is 6.54 Å². The summed E-state index contributed by atoms with van der Waals surface area (Å²) in [5.74, 6) is -1.28. The number of nitrogens with one attached hydrogen (secondary N) is 1. The third kappa shape index (κ3) is 2.62. The molecule has 0 aliphatic rings. The van der Waals surface area contributed by atoms with Gasteiger partial charge in [0.05, 0.1) is 12.2 Å². The molecule has 0 aliphatic carbocycles. The highest BCUT2D eigenvalue weighted by Gasteiger charge is 2.15. The van der Waals surface area contributed by atoms with E-state index in [1.165, 1.54) is 12.1 Å². The van der Waals surface area contributed by atoms with Crippen LogP contribution in [0.25, 0.3) is 0 Å². The van der Waals surface area contributed by atoms with E-state index in [9.17, 15) is 19.4 Å². The van der Waals surface area contributed by atoms with E-state index in [4.69, 9.17) is 0 Å². The van der Waals surface area contributed by atoms with E-state index in [1.807, 2.05) is 0 Å². The lowest BCUT2D eigenvalue weighted by molar-refractivity contribution is 0.0949. The van der Waals surface area contributed by atoms with Crippen LogP contribution in [0.1, 0.15) is 22.3 Å². The zero-order valence-electron chi connectivity index (χ0n) is 8.96. The summed E-state index contributed by atoms with van der Waals surface area (Å²) in [7, 11) is 0. The molecule has 0 saturated carbocycles. The fraction of sp³-hybridized carbons (Fsp3) is 0.364. The molecule has 0 aliphatic heterocycles. The Morgan fingerprint density at radius 1 is 1.38 bits per heavy atom. The second kappa shape index (κ2) is 5.34. The second-order valence-corrected chi connectivity index (χ2v) is 3.43. The van der Waals surface area contributed by atoms with Crippen molar-refractivity contribution in [1.82, 2.24) is 5.32 Å². The van der Waals surface area contributed by atoms with Crippen LogP contribution in [0, 0.1) is 6.92 Å². The van der Waals surface area contributed by atoms with E-state index in [1.54, 1.807) is 6.92 Å². The van der Waals surface area contributed by atoms with Crippen molar-refractivity contribution in [3.63, 3.8) is 0 Å². The number of amides is 1. The van der Waals surface area contributed by atoms with Crippen LogP contribution in [0.4, 0.5) is 4.39 Å². The van der Waals surface area contributed by atoms with Gasteiger partial charge in [-0.25, -0.2) is 0 Å². The maximum atomic E-state index is 11.8. The molecule has 0 radical (unpaired) electrons. The molecule has 1 aromatic rings. The molecular formula is C11H14FNO3. The highest BCUT2D eigenvalue weighted by Crippen LogP contribution is 2.31. The lowest BCUT2D eigenvalue weighted by Crippen LogP contribution is -2.24. The molecule has 88 valence electrons. The van der Waals surface area contributed by atoms with E-state index >= 15 is 0 Å². The molecule has 0 atom stereocenters. The van der Waals surface area contributed by atoms with Gasteiger partial charge < -0.3 is 15.5 Å². The first-order valence-corrected chi connectivity index (χ1v) is 4.93. The minimum atomic E-state index is -0.527. The predicted molar refractivity (Wildman–Crippen MR) is 57.4 cm³/mol. The van der Waals surface area contributed by atoms with Gasteiger partial charge in [-0.1, -0.05) is 6.07 Å². The quantitative estimate of drug-likeness (QED) is 0.539. The Hall–Kier alpha value is -1.78. The van der Waals surface area contributed by atoms with Gasteiger partial charge in [0.2, 0.25) is 0 Å². The molecule has 16 heavy (non-hydrogen) atoms. The number of hydrogen-bond acceptors (Lipinski definition) is 3. The molecule has 0 bridgehead atoms. The zero-order chi connectivity index (χ0) is 12.1. The first kappa shape index (κ1) is 12.3. The number of carbonyl (C=O) groups is 1. The minimum absolute atomic E-state index is 0.0121. The molecule has 4 nitrogen and oxygen atoms in total. The van der Waals surface area contributed by atoms with Gasteiger partial charge in [-0.3, -0.25) is 9.18 Å². The first-order chi connectivity index (χ1) is 7.57. The van der Waals surface area contributed by atoms with E-state index in [-0.39, 0.29) is 24.3 Å². The van der Waals surface area contributed by atoms with Crippen LogP contribution in [-0.2, 0) is 0 Å². The maximum absolute atomic E-state index is 11.8. The normalized spacial score (nSPS) is 10.1. The van der Waals surface area contributed by atoms with Crippen molar-refractivity contribution in [2.24, 2.45) is 0 Å². The molecule has 1 rings (SSSR count). The highest BCUT2D eigenvalue weighted by atomic mass is 19.1. The van der Waals surface area contributed by atoms with Crippen LogP contribution in [0.2, 0.25) is 0 Å². The van der Waals surface area contributed by atoms with Crippen LogP contribution < -0.4 is 5.32 Å². The van der Waals surface area contributed by atoms with E-state index in [0.717, 1.165) is 0 Å². The van der Waals surface area contributed by atoms with Crippen LogP contribution in [-0.4, -0.2) is 29.3 Å². The SMILES string of the molecule is Cc1ccc(C(=O)NCCCF)c(O)c1O. The number of benzene rings is 1. The largest absolute Gasteiger partial charge is 0.504 e. The molecule has 0 unspecified atom stereocenters. The number of alkyl halides is 1. The molecular weight excluding hydrogens is 213 g/mol. The van der Waals surface area contributed by atoms with E-state index in [0.29, 0.717) is 5.56 Å². The summed E-state index contributed by atoms with van der Waals surface area (Å²) in [5.41, 5.74) is 0.472. The monoisotopic (exact) mass is 227 g/mol. The van der Waals surface area contributed by atoms with Gasteiger partial charge in [-0.05, 0) is 25.0 Å². The summed E-state index contributed by atoms with van der Waals surface area (Å²) in [6.07, 6.45) is 0.227. The Morgan fingerprint density at radius 3 is 2.69 bits per heavy atom. The van der Waals surface area contributed by atoms with Crippen molar-refractivity contribution in [2.75, 3.05) is 13.2 Å². The molecule has 5 heteroatoms. The molecule has 1 aromatic carbocycles. The van der Waals surface area contributed by atoms with Crippen LogP contribution in [0.5, 0.6) is 11.5 Å². The van der Waals surface area contributed by atoms with Crippen molar-refractivity contribution >= 4 is 5.91 Å². The highest BCUT2D eigenvalue weighted by molar-refractivity contribution is 5.97. The number of aryl methyl sites for hydroxylation is 1. The van der Waals surface area contributed by atoms with Gasteiger partial charge in [0.25, 0.3) is 5.91 Å².